The fraction of sp³-hybridized carbons (Fsp3) is 0.583. The van der Waals surface area contributed by atoms with E-state index >= 15 is 0 Å². The molecule has 29 heavy (non-hydrogen) atoms. The molecular weight excluding hydrogens is 368 g/mol. The number of phenolic OH excluding ortho intramolecular Hbond substituents is 1. The summed E-state index contributed by atoms with van der Waals surface area (Å²) in [6.45, 7) is 11.1. The van der Waals surface area contributed by atoms with Crippen molar-refractivity contribution in [2.75, 3.05) is 21.3 Å². The summed E-state index contributed by atoms with van der Waals surface area (Å²) in [7, 11) is 4.56. The van der Waals surface area contributed by atoms with Gasteiger partial charge < -0.3 is 24.1 Å². The van der Waals surface area contributed by atoms with Crippen molar-refractivity contribution in [2.24, 2.45) is 11.3 Å². The maximum absolute atomic E-state index is 10.7. The lowest BCUT2D eigenvalue weighted by molar-refractivity contribution is 0.0982. The van der Waals surface area contributed by atoms with Gasteiger partial charge in [-0.2, -0.15) is 0 Å². The average Bonchev–Trinajstić information content (AvgIpc) is 2.70. The first-order valence-corrected chi connectivity index (χ1v) is 10.3. The number of benzene rings is 1. The Balaban J connectivity index is 1.91. The highest BCUT2D eigenvalue weighted by atomic mass is 16.6. The van der Waals surface area contributed by atoms with Gasteiger partial charge in [-0.05, 0) is 56.1 Å². The molecule has 1 aliphatic heterocycles. The van der Waals surface area contributed by atoms with Gasteiger partial charge in [0.15, 0.2) is 11.5 Å². The highest BCUT2D eigenvalue weighted by Gasteiger charge is 2.39. The van der Waals surface area contributed by atoms with Gasteiger partial charge in [-0.3, -0.25) is 0 Å². The second-order valence-corrected chi connectivity index (χ2v) is 8.82. The minimum atomic E-state index is -0.518. The molecule has 0 amide bonds. The molecule has 5 heteroatoms. The maximum atomic E-state index is 10.7. The van der Waals surface area contributed by atoms with Crippen molar-refractivity contribution in [1.82, 2.24) is 0 Å². The van der Waals surface area contributed by atoms with Crippen LogP contribution in [-0.2, 0) is 0 Å². The molecule has 160 valence electrons. The molecule has 3 rings (SSSR count). The summed E-state index contributed by atoms with van der Waals surface area (Å²) >= 11 is 0. The Morgan fingerprint density at radius 1 is 1.10 bits per heavy atom. The summed E-state index contributed by atoms with van der Waals surface area (Å²) in [6.07, 6.45) is 9.37. The maximum Gasteiger partial charge on any atom is 0.211 e. The van der Waals surface area contributed by atoms with Gasteiger partial charge in [0.1, 0.15) is 5.60 Å². The standard InChI is InChI=1S/C24H34O5/c1-15-9-8-11-23(3,16(15)2)13-14-24(4)12-10-17-18(25)20(26-5)22(28-7)21(27-6)19(17)29-24/h10,12,15,25H,2,8-9,11,13-14H2,1,3-7H3/t15-,23-,24-/m1/s1. The van der Waals surface area contributed by atoms with Crippen LogP contribution in [0.15, 0.2) is 18.2 Å². The van der Waals surface area contributed by atoms with Crippen LogP contribution in [-0.4, -0.2) is 32.0 Å². The monoisotopic (exact) mass is 402 g/mol. The van der Waals surface area contributed by atoms with Crippen molar-refractivity contribution in [1.29, 1.82) is 0 Å². The molecule has 0 spiro atoms. The van der Waals surface area contributed by atoms with E-state index in [0.29, 0.717) is 28.7 Å². The molecule has 0 aromatic heterocycles. The van der Waals surface area contributed by atoms with Crippen molar-refractivity contribution < 1.29 is 24.1 Å². The molecule has 0 bridgehead atoms. The predicted octanol–water partition coefficient (Wildman–Crippen LogP) is 5.75. The van der Waals surface area contributed by atoms with Gasteiger partial charge in [-0.25, -0.2) is 0 Å². The molecule has 0 saturated heterocycles. The molecule has 1 aromatic carbocycles. The number of hydrogen-bond acceptors (Lipinski definition) is 5. The molecule has 1 heterocycles. The van der Waals surface area contributed by atoms with Crippen molar-refractivity contribution in [3.63, 3.8) is 0 Å². The summed E-state index contributed by atoms with van der Waals surface area (Å²) in [5.74, 6) is 2.02. The normalized spacial score (nSPS) is 28.5. The highest BCUT2D eigenvalue weighted by Crippen LogP contribution is 2.56. The number of rotatable bonds is 6. The van der Waals surface area contributed by atoms with Crippen LogP contribution < -0.4 is 18.9 Å². The predicted molar refractivity (Wildman–Crippen MR) is 115 cm³/mol. The summed E-state index contributed by atoms with van der Waals surface area (Å²) in [5, 5.41) is 10.7. The molecule has 3 atom stereocenters. The van der Waals surface area contributed by atoms with Gasteiger partial charge in [-0.15, -0.1) is 0 Å². The molecule has 2 aliphatic rings. The fourth-order valence-electron chi connectivity index (χ4n) is 4.68. The molecule has 5 nitrogen and oxygen atoms in total. The van der Waals surface area contributed by atoms with E-state index in [-0.39, 0.29) is 16.9 Å². The minimum Gasteiger partial charge on any atom is -0.504 e. The molecule has 0 radical (unpaired) electrons. The summed E-state index contributed by atoms with van der Waals surface area (Å²) in [4.78, 5) is 0. The Morgan fingerprint density at radius 3 is 2.38 bits per heavy atom. The number of methoxy groups -OCH3 is 3. The lowest BCUT2D eigenvalue weighted by Crippen LogP contribution is -2.36. The van der Waals surface area contributed by atoms with Crippen LogP contribution in [0.25, 0.3) is 6.08 Å². The van der Waals surface area contributed by atoms with Crippen LogP contribution in [0.2, 0.25) is 0 Å². The van der Waals surface area contributed by atoms with E-state index in [2.05, 4.69) is 27.4 Å². The summed E-state index contributed by atoms with van der Waals surface area (Å²) < 4.78 is 22.8. The van der Waals surface area contributed by atoms with Crippen LogP contribution in [0, 0.1) is 11.3 Å². The smallest absolute Gasteiger partial charge is 0.211 e. The van der Waals surface area contributed by atoms with Crippen LogP contribution in [0.5, 0.6) is 28.7 Å². The zero-order valence-corrected chi connectivity index (χ0v) is 18.6. The highest BCUT2D eigenvalue weighted by molar-refractivity contribution is 5.79. The van der Waals surface area contributed by atoms with Crippen LogP contribution >= 0.6 is 0 Å². The number of allylic oxidation sites excluding steroid dienone is 1. The Bertz CT molecular complexity index is 827. The fourth-order valence-corrected chi connectivity index (χ4v) is 4.68. The van der Waals surface area contributed by atoms with E-state index in [0.717, 1.165) is 12.8 Å². The van der Waals surface area contributed by atoms with Gasteiger partial charge in [0.05, 0.1) is 26.9 Å². The molecule has 0 unspecified atom stereocenters. The van der Waals surface area contributed by atoms with E-state index in [1.54, 1.807) is 7.11 Å². The number of hydrogen-bond donors (Lipinski definition) is 1. The quantitative estimate of drug-likeness (QED) is 0.615. The molecular formula is C24H34O5. The van der Waals surface area contributed by atoms with Crippen molar-refractivity contribution >= 4 is 6.08 Å². The van der Waals surface area contributed by atoms with Crippen LogP contribution in [0.1, 0.15) is 58.4 Å². The lowest BCUT2D eigenvalue weighted by Gasteiger charge is -2.42. The second kappa shape index (κ2) is 7.85. The summed E-state index contributed by atoms with van der Waals surface area (Å²) in [5.41, 5.74) is 1.51. The van der Waals surface area contributed by atoms with Gasteiger partial charge >= 0.3 is 0 Å². The molecule has 1 saturated carbocycles. The molecule has 1 aliphatic carbocycles. The topological polar surface area (TPSA) is 57.2 Å². The number of aromatic hydroxyl groups is 1. The van der Waals surface area contributed by atoms with E-state index in [1.807, 2.05) is 12.2 Å². The average molecular weight is 403 g/mol. The van der Waals surface area contributed by atoms with Crippen LogP contribution in [0.4, 0.5) is 0 Å². The first kappa shape index (κ1) is 21.4. The van der Waals surface area contributed by atoms with E-state index in [9.17, 15) is 5.11 Å². The zero-order chi connectivity index (χ0) is 21.4. The van der Waals surface area contributed by atoms with Crippen molar-refractivity contribution in [2.45, 2.75) is 58.5 Å². The molecule has 1 N–H and O–H groups in total. The van der Waals surface area contributed by atoms with Crippen LogP contribution in [0.3, 0.4) is 0 Å². The lowest BCUT2D eigenvalue weighted by atomic mass is 9.65. The van der Waals surface area contributed by atoms with Crippen molar-refractivity contribution in [3.8, 4) is 28.7 Å². The van der Waals surface area contributed by atoms with E-state index in [4.69, 9.17) is 18.9 Å². The van der Waals surface area contributed by atoms with E-state index < -0.39 is 5.60 Å². The van der Waals surface area contributed by atoms with Gasteiger partial charge in [0.2, 0.25) is 17.2 Å². The SMILES string of the molecule is C=C1[C@H](C)CCC[C@]1(C)CC[C@@]1(C)C=Cc2c(O)c(OC)c(OC)c(OC)c2O1. The molecule has 1 fully saturated rings. The van der Waals surface area contributed by atoms with Gasteiger partial charge in [0.25, 0.3) is 0 Å². The summed E-state index contributed by atoms with van der Waals surface area (Å²) in [6, 6.07) is 0. The number of fused-ring (bicyclic) bond motifs is 1. The third kappa shape index (κ3) is 3.67. The van der Waals surface area contributed by atoms with Gasteiger partial charge in [-0.1, -0.05) is 32.4 Å². The zero-order valence-electron chi connectivity index (χ0n) is 18.6. The number of ether oxygens (including phenoxy) is 4. The third-order valence-corrected chi connectivity index (χ3v) is 6.79. The Labute approximate surface area is 174 Å². The Morgan fingerprint density at radius 2 is 1.76 bits per heavy atom. The third-order valence-electron chi connectivity index (χ3n) is 6.79. The minimum absolute atomic E-state index is 0.0140. The second-order valence-electron chi connectivity index (χ2n) is 8.82. The van der Waals surface area contributed by atoms with Crippen molar-refractivity contribution in [3.05, 3.63) is 23.8 Å². The van der Waals surface area contributed by atoms with E-state index in [1.165, 1.54) is 39.1 Å². The van der Waals surface area contributed by atoms with Gasteiger partial charge in [0, 0.05) is 0 Å². The Hall–Kier alpha value is -2.30. The number of phenols is 1. The first-order chi connectivity index (χ1) is 13.7. The largest absolute Gasteiger partial charge is 0.504 e. The first-order valence-electron chi connectivity index (χ1n) is 10.3. The molecule has 1 aromatic rings. The Kier molecular flexibility index (Phi) is 5.79.